The monoisotopic (exact) mass is 280 g/mol. The van der Waals surface area contributed by atoms with Crippen LogP contribution in [-0.2, 0) is 0 Å². The molecule has 0 bridgehead atoms. The van der Waals surface area contributed by atoms with Crippen LogP contribution in [0.5, 0.6) is 5.75 Å². The molecular weight excluding hydrogens is 260 g/mol. The van der Waals surface area contributed by atoms with Crippen molar-refractivity contribution in [3.63, 3.8) is 0 Å². The minimum Gasteiger partial charge on any atom is -0.543 e. The molecule has 0 saturated heterocycles. The van der Waals surface area contributed by atoms with Crippen molar-refractivity contribution < 1.29 is 19.1 Å². The number of hydrogen-bond acceptors (Lipinski definition) is 3. The molecule has 0 heterocycles. The molecule has 4 nitrogen and oxygen atoms in total. The van der Waals surface area contributed by atoms with Crippen molar-refractivity contribution >= 4 is 20.6 Å². The van der Waals surface area contributed by atoms with E-state index in [9.17, 15) is 9.59 Å². The Kier molecular flexibility index (Phi) is 4.20. The Bertz CT molecular complexity index is 501. The highest BCUT2D eigenvalue weighted by Gasteiger charge is 2.39. The Balaban J connectivity index is 3.26. The number of aldehydes is 1. The number of carbonyl (C=O) groups is 2. The molecule has 1 N–H and O–H groups in total. The lowest BCUT2D eigenvalue weighted by Gasteiger charge is -2.36. The SMILES string of the molecule is CC(C)(C)[Si](C)(C)Oc1cccc(C(=O)O)c1C=O. The average Bonchev–Trinajstić information content (AvgIpc) is 2.26. The summed E-state index contributed by atoms with van der Waals surface area (Å²) in [4.78, 5) is 22.3. The molecule has 0 fully saturated rings. The van der Waals surface area contributed by atoms with Crippen LogP contribution in [0.15, 0.2) is 18.2 Å². The van der Waals surface area contributed by atoms with Crippen molar-refractivity contribution in [2.24, 2.45) is 0 Å². The molecule has 0 saturated carbocycles. The standard InChI is InChI=1S/C14H20O4Si/c1-14(2,3)19(4,5)18-12-8-6-7-10(13(16)17)11(12)9-15/h6-9H,1-5H3,(H,16,17). The highest BCUT2D eigenvalue weighted by Crippen LogP contribution is 2.38. The molecule has 1 aromatic carbocycles. The number of carbonyl (C=O) groups excluding carboxylic acids is 1. The van der Waals surface area contributed by atoms with Gasteiger partial charge in [-0.05, 0) is 30.3 Å². The lowest BCUT2D eigenvalue weighted by Crippen LogP contribution is -2.44. The maximum atomic E-state index is 11.2. The predicted octanol–water partition coefficient (Wildman–Crippen LogP) is 3.58. The van der Waals surface area contributed by atoms with Crippen LogP contribution < -0.4 is 4.43 Å². The van der Waals surface area contributed by atoms with E-state index >= 15 is 0 Å². The Labute approximate surface area is 114 Å². The van der Waals surface area contributed by atoms with E-state index in [-0.39, 0.29) is 16.2 Å². The van der Waals surface area contributed by atoms with Gasteiger partial charge in [-0.1, -0.05) is 26.8 Å². The van der Waals surface area contributed by atoms with E-state index < -0.39 is 14.3 Å². The lowest BCUT2D eigenvalue weighted by atomic mass is 10.1. The zero-order valence-electron chi connectivity index (χ0n) is 12.0. The maximum absolute atomic E-state index is 11.2. The molecule has 19 heavy (non-hydrogen) atoms. The first-order chi connectivity index (χ1) is 8.60. The first kappa shape index (κ1) is 15.4. The second-order valence-corrected chi connectivity index (χ2v) is 10.7. The highest BCUT2D eigenvalue weighted by atomic mass is 28.4. The van der Waals surface area contributed by atoms with E-state index in [4.69, 9.17) is 9.53 Å². The fourth-order valence-electron chi connectivity index (χ4n) is 1.37. The van der Waals surface area contributed by atoms with Gasteiger partial charge in [0.2, 0.25) is 0 Å². The second-order valence-electron chi connectivity index (χ2n) is 6.00. The van der Waals surface area contributed by atoms with E-state index in [0.29, 0.717) is 12.0 Å². The van der Waals surface area contributed by atoms with E-state index in [1.165, 1.54) is 6.07 Å². The third kappa shape index (κ3) is 3.23. The molecule has 0 atom stereocenters. The summed E-state index contributed by atoms with van der Waals surface area (Å²) < 4.78 is 6.02. The molecule has 0 spiro atoms. The normalized spacial score (nSPS) is 12.1. The van der Waals surface area contributed by atoms with Gasteiger partial charge in [0.1, 0.15) is 5.75 Å². The van der Waals surface area contributed by atoms with Crippen LogP contribution in [0.3, 0.4) is 0 Å². The van der Waals surface area contributed by atoms with Crippen LogP contribution in [0.2, 0.25) is 18.1 Å². The number of carboxylic acid groups (broad SMARTS) is 1. The maximum Gasteiger partial charge on any atom is 0.336 e. The molecule has 1 rings (SSSR count). The highest BCUT2D eigenvalue weighted by molar-refractivity contribution is 6.74. The Morgan fingerprint density at radius 3 is 2.32 bits per heavy atom. The van der Waals surface area contributed by atoms with Gasteiger partial charge in [0.05, 0.1) is 11.1 Å². The van der Waals surface area contributed by atoms with Crippen molar-refractivity contribution in [1.82, 2.24) is 0 Å². The molecule has 0 aromatic heterocycles. The van der Waals surface area contributed by atoms with Crippen LogP contribution in [0.1, 0.15) is 41.5 Å². The summed E-state index contributed by atoms with van der Waals surface area (Å²) in [6.45, 7) is 10.4. The summed E-state index contributed by atoms with van der Waals surface area (Å²) in [7, 11) is -2.10. The molecule has 0 aliphatic heterocycles. The summed E-state index contributed by atoms with van der Waals surface area (Å²) >= 11 is 0. The van der Waals surface area contributed by atoms with Crippen molar-refractivity contribution in [2.75, 3.05) is 0 Å². The number of aromatic carboxylic acids is 1. The third-order valence-corrected chi connectivity index (χ3v) is 7.93. The summed E-state index contributed by atoms with van der Waals surface area (Å²) in [6, 6.07) is 4.65. The Morgan fingerprint density at radius 2 is 1.89 bits per heavy atom. The smallest absolute Gasteiger partial charge is 0.336 e. The van der Waals surface area contributed by atoms with E-state index in [2.05, 4.69) is 33.9 Å². The molecular formula is C14H20O4Si. The van der Waals surface area contributed by atoms with Crippen LogP contribution in [0.25, 0.3) is 0 Å². The first-order valence-electron chi connectivity index (χ1n) is 6.10. The van der Waals surface area contributed by atoms with Gasteiger partial charge in [0, 0.05) is 0 Å². The van der Waals surface area contributed by atoms with Gasteiger partial charge >= 0.3 is 5.97 Å². The minimum absolute atomic E-state index is 0.0214. The van der Waals surface area contributed by atoms with Gasteiger partial charge in [0.15, 0.2) is 6.29 Å². The van der Waals surface area contributed by atoms with Crippen molar-refractivity contribution in [3.05, 3.63) is 29.3 Å². The predicted molar refractivity (Wildman–Crippen MR) is 76.6 cm³/mol. The molecule has 0 aliphatic rings. The summed E-state index contributed by atoms with van der Waals surface area (Å²) in [5.74, 6) is -0.760. The Hall–Kier alpha value is -1.62. The summed E-state index contributed by atoms with van der Waals surface area (Å²) in [5, 5.41) is 9.05. The zero-order valence-corrected chi connectivity index (χ0v) is 13.0. The summed E-state index contributed by atoms with van der Waals surface area (Å²) in [6.07, 6.45) is 0.548. The molecule has 5 heteroatoms. The average molecular weight is 280 g/mol. The fourth-order valence-corrected chi connectivity index (χ4v) is 2.40. The Morgan fingerprint density at radius 1 is 1.32 bits per heavy atom. The van der Waals surface area contributed by atoms with Gasteiger partial charge in [0.25, 0.3) is 8.32 Å². The van der Waals surface area contributed by atoms with Gasteiger partial charge in [-0.25, -0.2) is 4.79 Å². The third-order valence-electron chi connectivity index (χ3n) is 3.59. The molecule has 1 aromatic rings. The molecule has 104 valence electrons. The number of carboxylic acids is 1. The van der Waals surface area contributed by atoms with Gasteiger partial charge in [-0.15, -0.1) is 0 Å². The van der Waals surface area contributed by atoms with Crippen LogP contribution in [0.4, 0.5) is 0 Å². The molecule has 0 aliphatic carbocycles. The molecule has 0 unspecified atom stereocenters. The van der Waals surface area contributed by atoms with Crippen LogP contribution in [0, 0.1) is 0 Å². The largest absolute Gasteiger partial charge is 0.543 e. The van der Waals surface area contributed by atoms with Gasteiger partial charge in [-0.3, -0.25) is 4.79 Å². The molecule has 0 amide bonds. The first-order valence-corrected chi connectivity index (χ1v) is 9.01. The van der Waals surface area contributed by atoms with Crippen molar-refractivity contribution in [3.8, 4) is 5.75 Å². The number of rotatable bonds is 4. The lowest BCUT2D eigenvalue weighted by molar-refractivity contribution is 0.0693. The van der Waals surface area contributed by atoms with Gasteiger partial charge in [-0.2, -0.15) is 0 Å². The van der Waals surface area contributed by atoms with E-state index in [1.807, 2.05) is 0 Å². The molecule has 0 radical (unpaired) electrons. The fraction of sp³-hybridized carbons (Fsp3) is 0.429. The van der Waals surface area contributed by atoms with E-state index in [1.54, 1.807) is 12.1 Å². The topological polar surface area (TPSA) is 63.6 Å². The van der Waals surface area contributed by atoms with E-state index in [0.717, 1.165) is 0 Å². The van der Waals surface area contributed by atoms with Crippen LogP contribution in [-0.4, -0.2) is 25.7 Å². The number of hydrogen-bond donors (Lipinski definition) is 1. The second kappa shape index (κ2) is 5.17. The zero-order chi connectivity index (χ0) is 14.8. The van der Waals surface area contributed by atoms with Crippen molar-refractivity contribution in [1.29, 1.82) is 0 Å². The van der Waals surface area contributed by atoms with Gasteiger partial charge < -0.3 is 9.53 Å². The summed E-state index contributed by atoms with van der Waals surface area (Å²) in [5.41, 5.74) is 0.0889. The van der Waals surface area contributed by atoms with Crippen LogP contribution >= 0.6 is 0 Å². The minimum atomic E-state index is -2.10. The van der Waals surface area contributed by atoms with Crippen molar-refractivity contribution in [2.45, 2.75) is 38.9 Å². The quantitative estimate of drug-likeness (QED) is 0.676. The number of benzene rings is 1.